The van der Waals surface area contributed by atoms with Gasteiger partial charge in [0.2, 0.25) is 0 Å². The van der Waals surface area contributed by atoms with E-state index in [1.807, 2.05) is 6.92 Å². The molecule has 142 valence electrons. The van der Waals surface area contributed by atoms with E-state index < -0.39 is 28.4 Å². The van der Waals surface area contributed by atoms with Crippen LogP contribution < -0.4 is 11.0 Å². The maximum Gasteiger partial charge on any atom is 0.418 e. The average molecular weight is 396 g/mol. The van der Waals surface area contributed by atoms with E-state index >= 15 is 0 Å². The molecule has 0 aliphatic carbocycles. The maximum atomic E-state index is 12.3. The molecule has 0 saturated carbocycles. The van der Waals surface area contributed by atoms with Gasteiger partial charge in [0.25, 0.3) is 5.91 Å². The molecule has 0 fully saturated rings. The molecule has 0 bridgehead atoms. The fourth-order valence-corrected chi connectivity index (χ4v) is 2.63. The number of aromatic nitrogens is 1. The minimum Gasteiger partial charge on any atom is -0.311 e. The summed E-state index contributed by atoms with van der Waals surface area (Å²) in [5.74, 6) is -0.582. The van der Waals surface area contributed by atoms with Crippen molar-refractivity contribution in [1.29, 1.82) is 0 Å². The van der Waals surface area contributed by atoms with Crippen LogP contribution in [0.2, 0.25) is 0 Å². The van der Waals surface area contributed by atoms with Crippen molar-refractivity contribution in [3.63, 3.8) is 0 Å². The second-order valence-corrected chi connectivity index (χ2v) is 6.48. The summed E-state index contributed by atoms with van der Waals surface area (Å²) in [5, 5.41) is 1.76. The van der Waals surface area contributed by atoms with E-state index in [4.69, 9.17) is 9.39 Å². The zero-order valence-corrected chi connectivity index (χ0v) is 15.3. The molecule has 0 unspecified atom stereocenters. The zero-order chi connectivity index (χ0) is 18.9. The van der Waals surface area contributed by atoms with Crippen LogP contribution >= 0.6 is 11.3 Å². The Hall–Kier alpha value is -1.80. The number of hydrogen-bond donors (Lipinski definition) is 3. The van der Waals surface area contributed by atoms with Crippen LogP contribution in [0.5, 0.6) is 0 Å². The van der Waals surface area contributed by atoms with Crippen LogP contribution in [0.15, 0.2) is 10.9 Å². The quantitative estimate of drug-likeness (QED) is 0.385. The Morgan fingerprint density at radius 1 is 1.40 bits per heavy atom. The highest BCUT2D eigenvalue weighted by Crippen LogP contribution is 2.09. The highest BCUT2D eigenvalue weighted by atomic mass is 32.3. The molecule has 1 atom stereocenters. The van der Waals surface area contributed by atoms with Gasteiger partial charge in [0, 0.05) is 11.9 Å². The van der Waals surface area contributed by atoms with Crippen molar-refractivity contribution in [2.75, 3.05) is 6.54 Å². The van der Waals surface area contributed by atoms with Gasteiger partial charge in [-0.05, 0) is 13.3 Å². The first-order valence-electron chi connectivity index (χ1n) is 7.29. The van der Waals surface area contributed by atoms with Crippen molar-refractivity contribution < 1.29 is 31.7 Å². The summed E-state index contributed by atoms with van der Waals surface area (Å²) >= 11 is 1.38. The van der Waals surface area contributed by atoms with Crippen LogP contribution in [0.4, 0.5) is 4.79 Å². The summed E-state index contributed by atoms with van der Waals surface area (Å²) in [4.78, 5) is 34.4. The Morgan fingerprint density at radius 3 is 2.64 bits per heavy atom. The van der Waals surface area contributed by atoms with Crippen LogP contribution in [0.25, 0.3) is 0 Å². The Balaban J connectivity index is 2.65. The van der Waals surface area contributed by atoms with E-state index in [1.54, 1.807) is 23.3 Å². The Bertz CT molecular complexity index is 650. The van der Waals surface area contributed by atoms with Gasteiger partial charge in [-0.3, -0.25) is 14.2 Å². The van der Waals surface area contributed by atoms with Gasteiger partial charge < -0.3 is 4.90 Å². The lowest BCUT2D eigenvalue weighted by Crippen LogP contribution is -2.52. The smallest absolute Gasteiger partial charge is 0.311 e. The van der Waals surface area contributed by atoms with Crippen molar-refractivity contribution in [2.24, 2.45) is 0 Å². The van der Waals surface area contributed by atoms with Crippen LogP contribution in [-0.4, -0.2) is 47.4 Å². The van der Waals surface area contributed by atoms with Gasteiger partial charge in [0.1, 0.15) is 12.6 Å². The van der Waals surface area contributed by atoms with Crippen LogP contribution in [0, 0.1) is 0 Å². The minimum absolute atomic E-state index is 0.0677. The average Bonchev–Trinajstić information content (AvgIpc) is 3.05. The van der Waals surface area contributed by atoms with Crippen molar-refractivity contribution >= 4 is 33.7 Å². The second kappa shape index (κ2) is 10.2. The summed E-state index contributed by atoms with van der Waals surface area (Å²) in [5.41, 5.74) is 6.08. The molecular formula is C12H20N4O7S2. The molecule has 0 radical (unpaired) electrons. The summed E-state index contributed by atoms with van der Waals surface area (Å²) < 4.78 is 33.4. The molecule has 11 nitrogen and oxygen atoms in total. The van der Waals surface area contributed by atoms with Gasteiger partial charge in [0.05, 0.1) is 11.2 Å². The molecule has 0 spiro atoms. The summed E-state index contributed by atoms with van der Waals surface area (Å²) in [6.45, 7) is 3.57. The van der Waals surface area contributed by atoms with Gasteiger partial charge in [-0.2, -0.15) is 13.9 Å². The fraction of sp³-hybridized carbons (Fsp3) is 0.583. The fourth-order valence-electron chi connectivity index (χ4n) is 1.91. The normalized spacial score (nSPS) is 12.4. The third kappa shape index (κ3) is 7.74. The molecule has 13 heteroatoms. The third-order valence-electron chi connectivity index (χ3n) is 2.95. The number of amides is 3. The van der Waals surface area contributed by atoms with Crippen molar-refractivity contribution in [3.8, 4) is 0 Å². The number of thiazole rings is 1. The number of carbonyl (C=O) groups is 2. The first kappa shape index (κ1) is 21.2. The topological polar surface area (TPSA) is 147 Å². The first-order valence-corrected chi connectivity index (χ1v) is 9.60. The summed E-state index contributed by atoms with van der Waals surface area (Å²) in [7, 11) is -4.85. The molecule has 3 amide bonds. The van der Waals surface area contributed by atoms with Crippen LogP contribution in [-0.2, 0) is 30.9 Å². The second-order valence-electron chi connectivity index (χ2n) is 4.74. The molecule has 1 aromatic heterocycles. The number of hydrogen-bond acceptors (Lipinski definition) is 8. The van der Waals surface area contributed by atoms with E-state index in [0.717, 1.165) is 4.90 Å². The molecule has 1 aromatic rings. The van der Waals surface area contributed by atoms with E-state index in [0.29, 0.717) is 18.5 Å². The van der Waals surface area contributed by atoms with Crippen molar-refractivity contribution in [3.05, 3.63) is 16.6 Å². The molecule has 1 rings (SSSR count). The van der Waals surface area contributed by atoms with Gasteiger partial charge in [-0.25, -0.2) is 15.3 Å². The predicted octanol–water partition coefficient (Wildman–Crippen LogP) is 0.625. The van der Waals surface area contributed by atoms with E-state index in [2.05, 4.69) is 14.7 Å². The Kier molecular flexibility index (Phi) is 8.71. The van der Waals surface area contributed by atoms with E-state index in [-0.39, 0.29) is 13.2 Å². The van der Waals surface area contributed by atoms with Gasteiger partial charge in [0.15, 0.2) is 0 Å². The standard InChI is InChI=1S/C12H20N4O7S2/c1-3-5-10(11(17)14-22-6-9-7-24-8-13-9)16(4-2)12(18)15-23-25(19,20)21/h7-8,10H,3-6H2,1-2H3,(H,14,17)(H,15,18)(H,19,20,21)/t10-/m0/s1. The van der Waals surface area contributed by atoms with Crippen molar-refractivity contribution in [1.82, 2.24) is 20.8 Å². The highest BCUT2D eigenvalue weighted by molar-refractivity contribution is 7.80. The molecule has 0 aliphatic heterocycles. The lowest BCUT2D eigenvalue weighted by atomic mass is 10.1. The van der Waals surface area contributed by atoms with Crippen molar-refractivity contribution in [2.45, 2.75) is 39.3 Å². The minimum atomic E-state index is -4.85. The zero-order valence-electron chi connectivity index (χ0n) is 13.7. The van der Waals surface area contributed by atoms with Crippen LogP contribution in [0.3, 0.4) is 0 Å². The number of hydroxylamine groups is 2. The third-order valence-corrected chi connectivity index (χ3v) is 3.88. The number of nitrogens with zero attached hydrogens (tertiary/aromatic N) is 2. The first-order chi connectivity index (χ1) is 11.8. The monoisotopic (exact) mass is 396 g/mol. The molecule has 0 aliphatic rings. The molecule has 0 saturated heterocycles. The summed E-state index contributed by atoms with van der Waals surface area (Å²) in [6.07, 6.45) is 0.881. The number of rotatable bonds is 10. The number of urea groups is 1. The number of likely N-dealkylation sites (N-methyl/N-ethyl adjacent to an activating group) is 1. The molecule has 25 heavy (non-hydrogen) atoms. The predicted molar refractivity (Wildman–Crippen MR) is 87.3 cm³/mol. The maximum absolute atomic E-state index is 12.3. The largest absolute Gasteiger partial charge is 0.418 e. The summed E-state index contributed by atoms with van der Waals surface area (Å²) in [6, 6.07) is -1.91. The highest BCUT2D eigenvalue weighted by Gasteiger charge is 2.29. The van der Waals surface area contributed by atoms with Gasteiger partial charge in [-0.1, -0.05) is 13.3 Å². The Labute approximate surface area is 149 Å². The van der Waals surface area contributed by atoms with Crippen LogP contribution in [0.1, 0.15) is 32.4 Å². The molecule has 0 aromatic carbocycles. The van der Waals surface area contributed by atoms with E-state index in [1.165, 1.54) is 11.3 Å². The van der Waals surface area contributed by atoms with E-state index in [9.17, 15) is 18.0 Å². The van der Waals surface area contributed by atoms with Gasteiger partial charge >= 0.3 is 16.4 Å². The number of nitrogens with one attached hydrogen (secondary N) is 2. The lowest BCUT2D eigenvalue weighted by molar-refractivity contribution is -0.139. The lowest BCUT2D eigenvalue weighted by Gasteiger charge is -2.29. The molecule has 3 N–H and O–H groups in total. The van der Waals surface area contributed by atoms with Gasteiger partial charge in [-0.15, -0.1) is 15.6 Å². The Morgan fingerprint density at radius 2 is 2.12 bits per heavy atom. The molecular weight excluding hydrogens is 376 g/mol. The molecule has 1 heterocycles. The number of carbonyl (C=O) groups excluding carboxylic acids is 2. The SMILES string of the molecule is CCC[C@@H](C(=O)NOCc1cscn1)N(CC)C(=O)NOS(=O)(=O)O.